The van der Waals surface area contributed by atoms with Gasteiger partial charge in [0, 0.05) is 6.54 Å². The van der Waals surface area contributed by atoms with Crippen molar-refractivity contribution in [3.05, 3.63) is 53.1 Å². The number of aliphatic hydroxyl groups is 1. The summed E-state index contributed by atoms with van der Waals surface area (Å²) in [6.07, 6.45) is -3.99. The van der Waals surface area contributed by atoms with Gasteiger partial charge in [-0.15, -0.1) is 0 Å². The monoisotopic (exact) mass is 339 g/mol. The molecule has 5 nitrogen and oxygen atoms in total. The standard InChI is InChI=1S/C16H16F3N3O2/c1-9-20-7-13(21-9)15(24)22-8-10(23)6-14(22)11-4-2-3-5-12(11)16(17,18)19/h2-5,7,10,14,23H,6,8H2,1H3,(H,20,21). The number of nitrogens with one attached hydrogen (secondary N) is 1. The van der Waals surface area contributed by atoms with Gasteiger partial charge in [0.15, 0.2) is 0 Å². The van der Waals surface area contributed by atoms with Crippen molar-refractivity contribution in [1.82, 2.24) is 14.9 Å². The maximum atomic E-state index is 13.3. The molecule has 0 spiro atoms. The predicted molar refractivity (Wildman–Crippen MR) is 79.2 cm³/mol. The van der Waals surface area contributed by atoms with E-state index >= 15 is 0 Å². The highest BCUT2D eigenvalue weighted by atomic mass is 19.4. The van der Waals surface area contributed by atoms with E-state index in [0.29, 0.717) is 5.82 Å². The topological polar surface area (TPSA) is 69.2 Å². The molecule has 1 aromatic heterocycles. The quantitative estimate of drug-likeness (QED) is 0.884. The van der Waals surface area contributed by atoms with Crippen molar-refractivity contribution in [2.75, 3.05) is 6.54 Å². The van der Waals surface area contributed by atoms with E-state index in [1.807, 2.05) is 0 Å². The van der Waals surface area contributed by atoms with Gasteiger partial charge in [0.25, 0.3) is 5.91 Å². The molecule has 2 unspecified atom stereocenters. The first kappa shape index (κ1) is 16.5. The molecule has 0 bridgehead atoms. The van der Waals surface area contributed by atoms with Gasteiger partial charge in [-0.25, -0.2) is 4.98 Å². The molecule has 1 aliphatic rings. The summed E-state index contributed by atoms with van der Waals surface area (Å²) in [4.78, 5) is 20.6. The highest BCUT2D eigenvalue weighted by molar-refractivity contribution is 5.92. The molecule has 24 heavy (non-hydrogen) atoms. The van der Waals surface area contributed by atoms with E-state index in [9.17, 15) is 23.1 Å². The fourth-order valence-corrected chi connectivity index (χ4v) is 3.06. The molecule has 1 amide bonds. The number of β-amino-alcohol motifs (C(OH)–C–C–N with tert-alkyl or cyclic N) is 1. The molecule has 8 heteroatoms. The van der Waals surface area contributed by atoms with Crippen LogP contribution < -0.4 is 0 Å². The SMILES string of the molecule is Cc1ncc(C(=O)N2CC(O)CC2c2ccccc2C(F)(F)F)[nH]1. The third-order valence-corrected chi connectivity index (χ3v) is 4.10. The Hall–Kier alpha value is -2.35. The van der Waals surface area contributed by atoms with Crippen molar-refractivity contribution >= 4 is 5.91 Å². The first-order valence-corrected chi connectivity index (χ1v) is 7.44. The number of aryl methyl sites for hydroxylation is 1. The average Bonchev–Trinajstić information content (AvgIpc) is 3.12. The Morgan fingerprint density at radius 1 is 1.38 bits per heavy atom. The number of carbonyl (C=O) groups excluding carboxylic acids is 1. The molecular formula is C16H16F3N3O2. The second-order valence-corrected chi connectivity index (χ2v) is 5.83. The molecule has 2 N–H and O–H groups in total. The lowest BCUT2D eigenvalue weighted by Gasteiger charge is -2.26. The minimum absolute atomic E-state index is 0.00821. The molecule has 2 aromatic rings. The predicted octanol–water partition coefficient (Wildman–Crippen LogP) is 2.69. The van der Waals surface area contributed by atoms with Gasteiger partial charge >= 0.3 is 6.18 Å². The second kappa shape index (κ2) is 5.94. The number of amides is 1. The molecule has 0 radical (unpaired) electrons. The number of nitrogens with zero attached hydrogens (tertiary/aromatic N) is 2. The summed E-state index contributed by atoms with van der Waals surface area (Å²) < 4.78 is 39.8. The zero-order chi connectivity index (χ0) is 17.5. The van der Waals surface area contributed by atoms with Gasteiger partial charge in [0.05, 0.1) is 23.9 Å². The maximum Gasteiger partial charge on any atom is 0.416 e. The van der Waals surface area contributed by atoms with E-state index in [-0.39, 0.29) is 24.2 Å². The molecule has 1 saturated heterocycles. The van der Waals surface area contributed by atoms with Crippen molar-refractivity contribution in [2.24, 2.45) is 0 Å². The van der Waals surface area contributed by atoms with Crippen molar-refractivity contribution in [2.45, 2.75) is 31.7 Å². The molecule has 1 aliphatic heterocycles. The first-order valence-electron chi connectivity index (χ1n) is 7.44. The molecule has 2 heterocycles. The summed E-state index contributed by atoms with van der Waals surface area (Å²) in [7, 11) is 0. The molecule has 0 saturated carbocycles. The van der Waals surface area contributed by atoms with E-state index in [1.165, 1.54) is 29.3 Å². The Bertz CT molecular complexity index is 757. The van der Waals surface area contributed by atoms with Gasteiger partial charge in [-0.3, -0.25) is 4.79 Å². The number of aromatic nitrogens is 2. The van der Waals surface area contributed by atoms with Gasteiger partial charge in [-0.2, -0.15) is 13.2 Å². The summed E-state index contributed by atoms with van der Waals surface area (Å²) in [5.74, 6) is 0.0551. The van der Waals surface area contributed by atoms with Crippen LogP contribution in [0, 0.1) is 6.92 Å². The van der Waals surface area contributed by atoms with Gasteiger partial charge in [-0.05, 0) is 25.0 Å². The summed E-state index contributed by atoms with van der Waals surface area (Å²) >= 11 is 0. The molecule has 3 rings (SSSR count). The van der Waals surface area contributed by atoms with E-state index in [0.717, 1.165) is 6.07 Å². The smallest absolute Gasteiger partial charge is 0.391 e. The normalized spacial score (nSPS) is 21.3. The summed E-state index contributed by atoms with van der Waals surface area (Å²) in [6.45, 7) is 1.65. The summed E-state index contributed by atoms with van der Waals surface area (Å²) in [5.41, 5.74) is -0.607. The fourth-order valence-electron chi connectivity index (χ4n) is 3.06. The molecule has 1 aromatic carbocycles. The summed E-state index contributed by atoms with van der Waals surface area (Å²) in [6, 6.07) is 4.31. The Morgan fingerprint density at radius 3 is 2.71 bits per heavy atom. The van der Waals surface area contributed by atoms with Crippen molar-refractivity contribution in [3.63, 3.8) is 0 Å². The zero-order valence-corrected chi connectivity index (χ0v) is 12.8. The van der Waals surface area contributed by atoms with Crippen LogP contribution in [0.4, 0.5) is 13.2 Å². The van der Waals surface area contributed by atoms with Crippen LogP contribution in [0.3, 0.4) is 0 Å². The maximum absolute atomic E-state index is 13.3. The Labute approximate surface area is 136 Å². The van der Waals surface area contributed by atoms with Crippen LogP contribution >= 0.6 is 0 Å². The van der Waals surface area contributed by atoms with Gasteiger partial charge in [0.2, 0.25) is 0 Å². The van der Waals surface area contributed by atoms with Crippen molar-refractivity contribution in [3.8, 4) is 0 Å². The molecule has 128 valence electrons. The number of carbonyl (C=O) groups is 1. The summed E-state index contributed by atoms with van der Waals surface area (Å²) in [5, 5.41) is 9.93. The molecule has 2 atom stereocenters. The Kier molecular flexibility index (Phi) is 4.08. The molecule has 1 fully saturated rings. The van der Waals surface area contributed by atoms with E-state index in [4.69, 9.17) is 0 Å². The number of aliphatic hydroxyl groups excluding tert-OH is 1. The van der Waals surface area contributed by atoms with Crippen LogP contribution in [-0.2, 0) is 6.18 Å². The number of hydrogen-bond donors (Lipinski definition) is 2. The number of hydrogen-bond acceptors (Lipinski definition) is 3. The van der Waals surface area contributed by atoms with Crippen molar-refractivity contribution in [1.29, 1.82) is 0 Å². The minimum Gasteiger partial charge on any atom is -0.391 e. The van der Waals surface area contributed by atoms with Gasteiger partial charge in [-0.1, -0.05) is 18.2 Å². The third-order valence-electron chi connectivity index (χ3n) is 4.10. The van der Waals surface area contributed by atoms with Crippen molar-refractivity contribution < 1.29 is 23.1 Å². The van der Waals surface area contributed by atoms with Gasteiger partial charge < -0.3 is 15.0 Å². The number of alkyl halides is 3. The average molecular weight is 339 g/mol. The van der Waals surface area contributed by atoms with Crippen LogP contribution in [-0.4, -0.2) is 38.5 Å². The number of halogens is 3. The van der Waals surface area contributed by atoms with E-state index < -0.39 is 29.8 Å². The first-order chi connectivity index (χ1) is 11.3. The number of rotatable bonds is 2. The van der Waals surface area contributed by atoms with Crippen LogP contribution in [0.25, 0.3) is 0 Å². The lowest BCUT2D eigenvalue weighted by Crippen LogP contribution is -2.33. The number of aromatic amines is 1. The number of benzene rings is 1. The van der Waals surface area contributed by atoms with Crippen LogP contribution in [0.1, 0.15) is 39.9 Å². The fraction of sp³-hybridized carbons (Fsp3) is 0.375. The lowest BCUT2D eigenvalue weighted by molar-refractivity contribution is -0.138. The van der Waals surface area contributed by atoms with Gasteiger partial charge in [0.1, 0.15) is 11.5 Å². The molecular weight excluding hydrogens is 323 g/mol. The minimum atomic E-state index is -4.52. The highest BCUT2D eigenvalue weighted by Gasteiger charge is 2.41. The largest absolute Gasteiger partial charge is 0.416 e. The van der Waals surface area contributed by atoms with Crippen LogP contribution in [0.5, 0.6) is 0 Å². The highest BCUT2D eigenvalue weighted by Crippen LogP contribution is 2.40. The lowest BCUT2D eigenvalue weighted by atomic mass is 9.97. The second-order valence-electron chi connectivity index (χ2n) is 5.83. The zero-order valence-electron chi connectivity index (χ0n) is 12.8. The number of imidazole rings is 1. The van der Waals surface area contributed by atoms with Crippen LogP contribution in [0.15, 0.2) is 30.5 Å². The Balaban J connectivity index is 1.99. The Morgan fingerprint density at radius 2 is 2.08 bits per heavy atom. The number of H-pyrrole nitrogens is 1. The third kappa shape index (κ3) is 3.01. The molecule has 0 aliphatic carbocycles. The number of likely N-dealkylation sites (tertiary alicyclic amines) is 1. The van der Waals surface area contributed by atoms with E-state index in [2.05, 4.69) is 9.97 Å². The van der Waals surface area contributed by atoms with Crippen LogP contribution in [0.2, 0.25) is 0 Å². The van der Waals surface area contributed by atoms with E-state index in [1.54, 1.807) is 6.92 Å².